The van der Waals surface area contributed by atoms with Crippen molar-refractivity contribution in [2.24, 2.45) is 0 Å². The van der Waals surface area contributed by atoms with Crippen LogP contribution in [0.5, 0.6) is 5.75 Å². The zero-order chi connectivity index (χ0) is 14.9. The Bertz CT molecular complexity index is 620. The molecule has 2 aromatic carbocycles. The maximum Gasteiger partial charge on any atom is 0.128 e. The lowest BCUT2D eigenvalue weighted by molar-refractivity contribution is 0.214. The molecule has 0 radical (unpaired) electrons. The Morgan fingerprint density at radius 3 is 2.50 bits per heavy atom. The van der Waals surface area contributed by atoms with E-state index < -0.39 is 11.9 Å². The molecule has 2 rings (SSSR count). The molecule has 0 saturated carbocycles. The van der Waals surface area contributed by atoms with Crippen LogP contribution in [-0.4, -0.2) is 12.2 Å². The van der Waals surface area contributed by atoms with Gasteiger partial charge in [0.15, 0.2) is 0 Å². The van der Waals surface area contributed by atoms with Gasteiger partial charge in [-0.15, -0.1) is 0 Å². The number of aryl methyl sites for hydroxylation is 1. The van der Waals surface area contributed by atoms with Crippen molar-refractivity contribution >= 4 is 11.6 Å². The van der Waals surface area contributed by atoms with E-state index in [1.807, 2.05) is 19.9 Å². The average molecular weight is 295 g/mol. The van der Waals surface area contributed by atoms with Crippen LogP contribution in [0.1, 0.15) is 28.4 Å². The molecule has 0 fully saturated rings. The number of aliphatic hydroxyl groups excluding tert-OH is 1. The molecule has 2 nitrogen and oxygen atoms in total. The summed E-state index contributed by atoms with van der Waals surface area (Å²) in [6, 6.07) is 7.70. The number of rotatable bonds is 3. The Kier molecular flexibility index (Phi) is 4.31. The van der Waals surface area contributed by atoms with Crippen molar-refractivity contribution in [1.82, 2.24) is 0 Å². The van der Waals surface area contributed by atoms with Crippen LogP contribution < -0.4 is 4.74 Å². The van der Waals surface area contributed by atoms with Gasteiger partial charge in [0, 0.05) is 10.6 Å². The van der Waals surface area contributed by atoms with Gasteiger partial charge in [-0.3, -0.25) is 0 Å². The summed E-state index contributed by atoms with van der Waals surface area (Å²) < 4.78 is 18.8. The first kappa shape index (κ1) is 14.8. The Hall–Kier alpha value is -1.58. The zero-order valence-corrected chi connectivity index (χ0v) is 12.3. The van der Waals surface area contributed by atoms with Crippen molar-refractivity contribution in [3.05, 3.63) is 63.4 Å². The fourth-order valence-corrected chi connectivity index (χ4v) is 2.44. The van der Waals surface area contributed by atoms with Crippen LogP contribution in [0.3, 0.4) is 0 Å². The minimum atomic E-state index is -0.988. The highest BCUT2D eigenvalue weighted by Crippen LogP contribution is 2.34. The summed E-state index contributed by atoms with van der Waals surface area (Å²) in [5, 5.41) is 10.7. The standard InChI is InChI=1S/C16H16ClFO2/c1-9-4-5-14(16(20-3)10(9)2)15(19)11-6-12(17)8-13(18)7-11/h4-8,15,19H,1-3H3. The van der Waals surface area contributed by atoms with Crippen molar-refractivity contribution in [1.29, 1.82) is 0 Å². The third kappa shape index (κ3) is 2.79. The van der Waals surface area contributed by atoms with Crippen LogP contribution in [0.25, 0.3) is 0 Å². The van der Waals surface area contributed by atoms with Gasteiger partial charge in [0.2, 0.25) is 0 Å². The Morgan fingerprint density at radius 1 is 1.20 bits per heavy atom. The molecule has 0 aromatic heterocycles. The van der Waals surface area contributed by atoms with E-state index in [1.165, 1.54) is 12.1 Å². The molecule has 0 amide bonds. The number of ether oxygens (including phenoxy) is 1. The van der Waals surface area contributed by atoms with Crippen LogP contribution in [0.2, 0.25) is 5.02 Å². The summed E-state index contributed by atoms with van der Waals surface area (Å²) in [5.74, 6) is 0.132. The summed E-state index contributed by atoms with van der Waals surface area (Å²) >= 11 is 5.83. The summed E-state index contributed by atoms with van der Waals surface area (Å²) in [7, 11) is 1.55. The van der Waals surface area contributed by atoms with Crippen LogP contribution in [-0.2, 0) is 0 Å². The topological polar surface area (TPSA) is 29.5 Å². The molecular weight excluding hydrogens is 279 g/mol. The van der Waals surface area contributed by atoms with E-state index in [9.17, 15) is 9.50 Å². The van der Waals surface area contributed by atoms with Crippen molar-refractivity contribution in [2.75, 3.05) is 7.11 Å². The Morgan fingerprint density at radius 2 is 1.90 bits per heavy atom. The van der Waals surface area contributed by atoms with E-state index >= 15 is 0 Å². The predicted molar refractivity (Wildman–Crippen MR) is 77.9 cm³/mol. The summed E-state index contributed by atoms with van der Waals surface area (Å²) in [6.45, 7) is 3.88. The van der Waals surface area contributed by atoms with E-state index in [-0.39, 0.29) is 5.02 Å². The molecular formula is C16H16ClFO2. The largest absolute Gasteiger partial charge is 0.496 e. The van der Waals surface area contributed by atoms with Gasteiger partial charge in [-0.2, -0.15) is 0 Å². The first-order valence-electron chi connectivity index (χ1n) is 6.22. The molecule has 20 heavy (non-hydrogen) atoms. The van der Waals surface area contributed by atoms with Gasteiger partial charge in [-0.1, -0.05) is 23.7 Å². The van der Waals surface area contributed by atoms with Gasteiger partial charge >= 0.3 is 0 Å². The molecule has 0 spiro atoms. The fraction of sp³-hybridized carbons (Fsp3) is 0.250. The maximum atomic E-state index is 13.4. The number of benzene rings is 2. The first-order chi connectivity index (χ1) is 9.43. The molecule has 1 atom stereocenters. The van der Waals surface area contributed by atoms with Crippen molar-refractivity contribution in [3.8, 4) is 5.75 Å². The Labute approximate surface area is 122 Å². The van der Waals surface area contributed by atoms with Gasteiger partial charge in [-0.05, 0) is 48.7 Å². The third-order valence-electron chi connectivity index (χ3n) is 3.41. The van der Waals surface area contributed by atoms with Gasteiger partial charge in [0.25, 0.3) is 0 Å². The molecule has 0 aliphatic heterocycles. The molecule has 1 unspecified atom stereocenters. The molecule has 0 saturated heterocycles. The van der Waals surface area contributed by atoms with Crippen LogP contribution in [0.15, 0.2) is 30.3 Å². The lowest BCUT2D eigenvalue weighted by atomic mass is 9.96. The Balaban J connectivity index is 2.53. The van der Waals surface area contributed by atoms with Crippen molar-refractivity contribution in [2.45, 2.75) is 20.0 Å². The molecule has 4 heteroatoms. The maximum absolute atomic E-state index is 13.4. The number of aliphatic hydroxyl groups is 1. The average Bonchev–Trinajstić information content (AvgIpc) is 2.39. The van der Waals surface area contributed by atoms with Gasteiger partial charge in [-0.25, -0.2) is 4.39 Å². The summed E-state index contributed by atoms with van der Waals surface area (Å²) in [5.41, 5.74) is 3.01. The second-order valence-electron chi connectivity index (χ2n) is 4.74. The predicted octanol–water partition coefficient (Wildman–Crippen LogP) is 4.19. The molecule has 0 heterocycles. The smallest absolute Gasteiger partial charge is 0.128 e. The third-order valence-corrected chi connectivity index (χ3v) is 3.62. The number of methoxy groups -OCH3 is 1. The second kappa shape index (κ2) is 5.81. The molecule has 0 aliphatic carbocycles. The highest BCUT2D eigenvalue weighted by atomic mass is 35.5. The van der Waals surface area contributed by atoms with E-state index in [1.54, 1.807) is 19.2 Å². The number of hydrogen-bond donors (Lipinski definition) is 1. The highest BCUT2D eigenvalue weighted by molar-refractivity contribution is 6.30. The van der Waals surface area contributed by atoms with Crippen LogP contribution in [0.4, 0.5) is 4.39 Å². The zero-order valence-electron chi connectivity index (χ0n) is 11.6. The van der Waals surface area contributed by atoms with E-state index in [2.05, 4.69) is 0 Å². The van der Waals surface area contributed by atoms with Gasteiger partial charge in [0.1, 0.15) is 17.7 Å². The number of hydrogen-bond acceptors (Lipinski definition) is 2. The monoisotopic (exact) mass is 294 g/mol. The summed E-state index contributed by atoms with van der Waals surface area (Å²) in [6.07, 6.45) is -0.988. The first-order valence-corrected chi connectivity index (χ1v) is 6.60. The quantitative estimate of drug-likeness (QED) is 0.920. The normalized spacial score (nSPS) is 12.3. The van der Waals surface area contributed by atoms with Crippen molar-refractivity contribution in [3.63, 3.8) is 0 Å². The molecule has 2 aromatic rings. The minimum Gasteiger partial charge on any atom is -0.496 e. The lowest BCUT2D eigenvalue weighted by Crippen LogP contribution is -2.05. The van der Waals surface area contributed by atoms with Crippen LogP contribution >= 0.6 is 11.6 Å². The van der Waals surface area contributed by atoms with Crippen LogP contribution in [0, 0.1) is 19.7 Å². The van der Waals surface area contributed by atoms with E-state index in [0.717, 1.165) is 11.1 Å². The lowest BCUT2D eigenvalue weighted by Gasteiger charge is -2.18. The van der Waals surface area contributed by atoms with Gasteiger partial charge < -0.3 is 9.84 Å². The highest BCUT2D eigenvalue weighted by Gasteiger charge is 2.19. The molecule has 1 N–H and O–H groups in total. The second-order valence-corrected chi connectivity index (χ2v) is 5.17. The molecule has 0 aliphatic rings. The van der Waals surface area contributed by atoms with Crippen molar-refractivity contribution < 1.29 is 14.2 Å². The van der Waals surface area contributed by atoms with E-state index in [4.69, 9.17) is 16.3 Å². The molecule has 0 bridgehead atoms. The SMILES string of the molecule is COc1c(C(O)c2cc(F)cc(Cl)c2)ccc(C)c1C. The minimum absolute atomic E-state index is 0.252. The van der Waals surface area contributed by atoms with E-state index in [0.29, 0.717) is 16.9 Å². The molecule has 106 valence electrons. The number of halogens is 2. The van der Waals surface area contributed by atoms with Gasteiger partial charge in [0.05, 0.1) is 7.11 Å². The summed E-state index contributed by atoms with van der Waals surface area (Å²) in [4.78, 5) is 0. The fourth-order valence-electron chi connectivity index (χ4n) is 2.21.